The van der Waals surface area contributed by atoms with Gasteiger partial charge in [-0.2, -0.15) is 0 Å². The molecule has 0 unspecified atom stereocenters. The van der Waals surface area contributed by atoms with Crippen LogP contribution in [0.25, 0.3) is 0 Å². The number of carbonyl (C=O) groups excluding carboxylic acids is 1. The lowest BCUT2D eigenvalue weighted by Gasteiger charge is -2.13. The number of hydrogen-bond acceptors (Lipinski definition) is 4. The Balaban J connectivity index is 1.73. The van der Waals surface area contributed by atoms with Crippen LogP contribution in [0.4, 0.5) is 4.79 Å². The predicted octanol–water partition coefficient (Wildman–Crippen LogP) is -0.197. The zero-order valence-corrected chi connectivity index (χ0v) is 10.7. The molecule has 0 aromatic carbocycles. The van der Waals surface area contributed by atoms with Gasteiger partial charge in [0.05, 0.1) is 19.3 Å². The van der Waals surface area contributed by atoms with E-state index in [4.69, 9.17) is 0 Å². The Kier molecular flexibility index (Phi) is 4.52. The summed E-state index contributed by atoms with van der Waals surface area (Å²) in [6, 6.07) is -0.207. The molecule has 1 saturated heterocycles. The van der Waals surface area contributed by atoms with Crippen LogP contribution in [0.2, 0.25) is 0 Å². The van der Waals surface area contributed by atoms with Crippen LogP contribution in [0.1, 0.15) is 18.5 Å². The average molecular weight is 252 g/mol. The number of carbonyl (C=O) groups is 1. The summed E-state index contributed by atoms with van der Waals surface area (Å²) < 4.78 is 1.83. The molecule has 100 valence electrons. The van der Waals surface area contributed by atoms with Crippen molar-refractivity contribution in [2.45, 2.75) is 25.9 Å². The summed E-state index contributed by atoms with van der Waals surface area (Å²) in [7, 11) is 1.59. The van der Waals surface area contributed by atoms with E-state index in [1.54, 1.807) is 7.05 Å². The van der Waals surface area contributed by atoms with E-state index >= 15 is 0 Å². The third kappa shape index (κ3) is 3.69. The third-order valence-corrected chi connectivity index (χ3v) is 3.09. The lowest BCUT2D eigenvalue weighted by molar-refractivity contribution is 0.242. The van der Waals surface area contributed by atoms with Gasteiger partial charge in [0.1, 0.15) is 5.69 Å². The summed E-state index contributed by atoms with van der Waals surface area (Å²) in [5.41, 5.74) is 0.778. The van der Waals surface area contributed by atoms with Crippen molar-refractivity contribution in [2.75, 3.05) is 26.7 Å². The standard InChI is InChI=1S/C11H20N6O/c1-12-11(18)13-8-10-9-17(15-14-10)7-6-16-4-2-3-5-16/h9H,2-8H2,1H3,(H2,12,13,18). The normalized spacial score (nSPS) is 15.8. The van der Waals surface area contributed by atoms with Gasteiger partial charge in [-0.3, -0.25) is 4.68 Å². The fourth-order valence-corrected chi connectivity index (χ4v) is 2.04. The van der Waals surface area contributed by atoms with Crippen molar-refractivity contribution in [3.63, 3.8) is 0 Å². The maximum Gasteiger partial charge on any atom is 0.314 e. The van der Waals surface area contributed by atoms with Gasteiger partial charge in [-0.15, -0.1) is 5.10 Å². The summed E-state index contributed by atoms with van der Waals surface area (Å²) in [6.45, 7) is 4.67. The number of urea groups is 1. The topological polar surface area (TPSA) is 75.1 Å². The summed E-state index contributed by atoms with van der Waals surface area (Å²) in [5.74, 6) is 0. The van der Waals surface area contributed by atoms with Gasteiger partial charge >= 0.3 is 6.03 Å². The molecule has 7 nitrogen and oxygen atoms in total. The first kappa shape index (κ1) is 12.8. The lowest BCUT2D eigenvalue weighted by atomic mass is 10.4. The minimum absolute atomic E-state index is 0.207. The van der Waals surface area contributed by atoms with Crippen molar-refractivity contribution >= 4 is 6.03 Å². The van der Waals surface area contributed by atoms with Crippen molar-refractivity contribution in [1.82, 2.24) is 30.5 Å². The Bertz CT molecular complexity index is 385. The Hall–Kier alpha value is -1.63. The van der Waals surface area contributed by atoms with Crippen LogP contribution < -0.4 is 10.6 Å². The smallest absolute Gasteiger partial charge is 0.314 e. The van der Waals surface area contributed by atoms with Gasteiger partial charge in [-0.25, -0.2) is 4.79 Å². The van der Waals surface area contributed by atoms with Gasteiger partial charge in [0.25, 0.3) is 0 Å². The highest BCUT2D eigenvalue weighted by Gasteiger charge is 2.11. The molecule has 0 aliphatic carbocycles. The molecule has 2 amide bonds. The van der Waals surface area contributed by atoms with E-state index < -0.39 is 0 Å². The Morgan fingerprint density at radius 3 is 2.89 bits per heavy atom. The van der Waals surface area contributed by atoms with Gasteiger partial charge in [0.15, 0.2) is 0 Å². The molecule has 1 aromatic rings. The second kappa shape index (κ2) is 6.34. The highest BCUT2D eigenvalue weighted by Crippen LogP contribution is 2.06. The van der Waals surface area contributed by atoms with Crippen molar-refractivity contribution in [3.8, 4) is 0 Å². The zero-order chi connectivity index (χ0) is 12.8. The predicted molar refractivity (Wildman–Crippen MR) is 67.0 cm³/mol. The molecular formula is C11H20N6O. The Labute approximate surface area is 107 Å². The molecule has 0 radical (unpaired) electrons. The number of aromatic nitrogens is 3. The molecule has 1 aliphatic rings. The number of amides is 2. The van der Waals surface area contributed by atoms with Crippen molar-refractivity contribution in [2.24, 2.45) is 0 Å². The minimum atomic E-state index is -0.207. The van der Waals surface area contributed by atoms with Crippen LogP contribution in [-0.4, -0.2) is 52.6 Å². The molecule has 2 N–H and O–H groups in total. The lowest BCUT2D eigenvalue weighted by Crippen LogP contribution is -2.32. The van der Waals surface area contributed by atoms with E-state index in [0.717, 1.165) is 18.8 Å². The van der Waals surface area contributed by atoms with E-state index in [-0.39, 0.29) is 6.03 Å². The van der Waals surface area contributed by atoms with Crippen molar-refractivity contribution in [3.05, 3.63) is 11.9 Å². The molecule has 1 aliphatic heterocycles. The third-order valence-electron chi connectivity index (χ3n) is 3.09. The SMILES string of the molecule is CNC(=O)NCc1cn(CCN2CCCC2)nn1. The molecule has 18 heavy (non-hydrogen) atoms. The Morgan fingerprint density at radius 1 is 1.39 bits per heavy atom. The minimum Gasteiger partial charge on any atom is -0.341 e. The number of nitrogens with zero attached hydrogens (tertiary/aromatic N) is 4. The van der Waals surface area contributed by atoms with Crippen molar-refractivity contribution < 1.29 is 4.79 Å². The highest BCUT2D eigenvalue weighted by atomic mass is 16.2. The van der Waals surface area contributed by atoms with Crippen LogP contribution in [-0.2, 0) is 13.1 Å². The molecule has 7 heteroatoms. The monoisotopic (exact) mass is 252 g/mol. The quantitative estimate of drug-likeness (QED) is 0.761. The maximum atomic E-state index is 11.0. The fraction of sp³-hybridized carbons (Fsp3) is 0.727. The molecular weight excluding hydrogens is 232 g/mol. The fourth-order valence-electron chi connectivity index (χ4n) is 2.04. The second-order valence-corrected chi connectivity index (χ2v) is 4.45. The molecule has 0 atom stereocenters. The first-order valence-electron chi connectivity index (χ1n) is 6.35. The van der Waals surface area contributed by atoms with Gasteiger partial charge in [0.2, 0.25) is 0 Å². The largest absolute Gasteiger partial charge is 0.341 e. The van der Waals surface area contributed by atoms with Gasteiger partial charge in [0, 0.05) is 13.6 Å². The first-order chi connectivity index (χ1) is 8.78. The molecule has 2 heterocycles. The van der Waals surface area contributed by atoms with E-state index in [1.807, 2.05) is 10.9 Å². The zero-order valence-electron chi connectivity index (χ0n) is 10.7. The van der Waals surface area contributed by atoms with Gasteiger partial charge in [-0.1, -0.05) is 5.21 Å². The van der Waals surface area contributed by atoms with Crippen LogP contribution in [0, 0.1) is 0 Å². The summed E-state index contributed by atoms with van der Waals surface area (Å²) in [6.07, 6.45) is 4.49. The van der Waals surface area contributed by atoms with Crippen molar-refractivity contribution in [1.29, 1.82) is 0 Å². The second-order valence-electron chi connectivity index (χ2n) is 4.45. The van der Waals surface area contributed by atoms with E-state index in [1.165, 1.54) is 25.9 Å². The molecule has 0 bridgehead atoms. The number of hydrogen-bond donors (Lipinski definition) is 2. The van der Waals surface area contributed by atoms with E-state index in [2.05, 4.69) is 25.8 Å². The summed E-state index contributed by atoms with van der Waals surface area (Å²) in [5, 5.41) is 13.2. The van der Waals surface area contributed by atoms with Crippen LogP contribution in [0.15, 0.2) is 6.20 Å². The molecule has 2 rings (SSSR count). The van der Waals surface area contributed by atoms with E-state index in [0.29, 0.717) is 6.54 Å². The van der Waals surface area contributed by atoms with Gasteiger partial charge < -0.3 is 15.5 Å². The molecule has 1 fully saturated rings. The number of rotatable bonds is 5. The van der Waals surface area contributed by atoms with Crippen LogP contribution in [0.3, 0.4) is 0 Å². The molecule has 0 spiro atoms. The number of likely N-dealkylation sites (tertiary alicyclic amines) is 1. The van der Waals surface area contributed by atoms with E-state index in [9.17, 15) is 4.79 Å². The first-order valence-corrected chi connectivity index (χ1v) is 6.35. The highest BCUT2D eigenvalue weighted by molar-refractivity contribution is 5.73. The summed E-state index contributed by atoms with van der Waals surface area (Å²) >= 11 is 0. The average Bonchev–Trinajstić information content (AvgIpc) is 3.04. The number of nitrogens with one attached hydrogen (secondary N) is 2. The molecule has 1 aromatic heterocycles. The van der Waals surface area contributed by atoms with Crippen LogP contribution >= 0.6 is 0 Å². The van der Waals surface area contributed by atoms with Gasteiger partial charge in [-0.05, 0) is 25.9 Å². The Morgan fingerprint density at radius 2 is 2.17 bits per heavy atom. The maximum absolute atomic E-state index is 11.0. The summed E-state index contributed by atoms with van der Waals surface area (Å²) in [4.78, 5) is 13.4. The van der Waals surface area contributed by atoms with Crippen LogP contribution in [0.5, 0.6) is 0 Å². The molecule has 0 saturated carbocycles.